The zero-order chi connectivity index (χ0) is 16.2. The maximum atomic E-state index is 10.9. The maximum Gasteiger partial charge on any atom is 0.126 e. The van der Waals surface area contributed by atoms with Gasteiger partial charge in [-0.3, -0.25) is 0 Å². The molecule has 5 atom stereocenters. The topological polar surface area (TPSA) is 29.5 Å². The minimum Gasteiger partial charge on any atom is -0.466 e. The minimum absolute atomic E-state index is 0.0954. The van der Waals surface area contributed by atoms with E-state index in [1.807, 2.05) is 0 Å². The summed E-state index contributed by atoms with van der Waals surface area (Å²) in [5.41, 5.74) is 3.08. The number of ether oxygens (including phenoxy) is 1. The molecule has 124 valence electrons. The van der Waals surface area contributed by atoms with Gasteiger partial charge in [-0.15, -0.1) is 0 Å². The molecule has 2 saturated carbocycles. The average molecular weight is 424 g/mol. The summed E-state index contributed by atoms with van der Waals surface area (Å²) in [6.45, 7) is 5.98. The number of aryl methyl sites for hydroxylation is 1. The van der Waals surface area contributed by atoms with Crippen LogP contribution in [-0.2, 0) is 6.42 Å². The molecule has 2 fully saturated rings. The van der Waals surface area contributed by atoms with E-state index in [9.17, 15) is 5.11 Å². The predicted molar refractivity (Wildman–Crippen MR) is 101 cm³/mol. The summed E-state index contributed by atoms with van der Waals surface area (Å²) < 4.78 is 4.94. The minimum atomic E-state index is -0.512. The van der Waals surface area contributed by atoms with Crippen LogP contribution in [0.2, 0.25) is 0 Å². The van der Waals surface area contributed by atoms with E-state index in [0.717, 1.165) is 30.9 Å². The molecule has 1 aromatic rings. The third-order valence-electron chi connectivity index (χ3n) is 6.97. The van der Waals surface area contributed by atoms with E-state index in [0.29, 0.717) is 11.8 Å². The second-order valence-electron chi connectivity index (χ2n) is 7.81. The lowest BCUT2D eigenvalue weighted by Gasteiger charge is -2.52. The summed E-state index contributed by atoms with van der Waals surface area (Å²) in [7, 11) is 0. The van der Waals surface area contributed by atoms with Crippen molar-refractivity contribution in [3.05, 3.63) is 42.2 Å². The van der Waals surface area contributed by atoms with Crippen LogP contribution in [0.4, 0.5) is 0 Å². The van der Waals surface area contributed by atoms with Crippen LogP contribution in [0.3, 0.4) is 0 Å². The van der Waals surface area contributed by atoms with Crippen molar-refractivity contribution in [3.8, 4) is 5.75 Å². The van der Waals surface area contributed by atoms with Gasteiger partial charge < -0.3 is 9.84 Å². The largest absolute Gasteiger partial charge is 0.466 e. The first-order valence-corrected chi connectivity index (χ1v) is 9.86. The third kappa shape index (κ3) is 2.30. The van der Waals surface area contributed by atoms with E-state index in [2.05, 4.69) is 54.3 Å². The molecule has 23 heavy (non-hydrogen) atoms. The van der Waals surface area contributed by atoms with Gasteiger partial charge in [-0.25, -0.2) is 0 Å². The zero-order valence-corrected chi connectivity index (χ0v) is 15.9. The van der Waals surface area contributed by atoms with Crippen molar-refractivity contribution in [2.75, 3.05) is 0 Å². The molecular formula is C20H25IO2. The van der Waals surface area contributed by atoms with E-state index in [1.54, 1.807) is 0 Å². The maximum absolute atomic E-state index is 10.9. The van der Waals surface area contributed by atoms with E-state index in [-0.39, 0.29) is 5.41 Å². The quantitative estimate of drug-likeness (QED) is 0.402. The number of alkyl halides is 1. The number of fused-ring (bicyclic) bond motifs is 5. The van der Waals surface area contributed by atoms with Gasteiger partial charge in [0.25, 0.3) is 0 Å². The summed E-state index contributed by atoms with van der Waals surface area (Å²) >= 11 is 2.32. The molecule has 4 rings (SSSR count). The molecule has 0 saturated heterocycles. The Morgan fingerprint density at radius 3 is 2.91 bits per heavy atom. The standard InChI is InChI=1S/C20H25IO2/c1-3-23-14-5-7-15-13(12-14)4-6-17-16(15)8-10-19(2)18(17)9-11-20(19,21)22/h3,5,7,12,16-18,22H,1,4,6,8-11H2,2H3/t16-,17-,18+,19+,20-/m1/s1. The van der Waals surface area contributed by atoms with Gasteiger partial charge in [-0.2, -0.15) is 0 Å². The smallest absolute Gasteiger partial charge is 0.126 e. The Hall–Kier alpha value is -0.550. The number of rotatable bonds is 2. The van der Waals surface area contributed by atoms with Crippen LogP contribution in [0.15, 0.2) is 31.0 Å². The van der Waals surface area contributed by atoms with E-state index in [1.165, 1.54) is 36.7 Å². The fraction of sp³-hybridized carbons (Fsp3) is 0.600. The first-order valence-electron chi connectivity index (χ1n) is 8.78. The SMILES string of the molecule is C=COc1ccc2c(c1)CC[C@@H]1[C@@H]2CC[C@@]2(C)[C@H]1CC[C@]2(O)I. The predicted octanol–water partition coefficient (Wildman–Crippen LogP) is 5.19. The highest BCUT2D eigenvalue weighted by molar-refractivity contribution is 14.1. The van der Waals surface area contributed by atoms with E-state index in [4.69, 9.17) is 4.74 Å². The van der Waals surface area contributed by atoms with Crippen LogP contribution in [0.25, 0.3) is 0 Å². The van der Waals surface area contributed by atoms with Crippen molar-refractivity contribution in [2.24, 2.45) is 17.3 Å². The third-order valence-corrected chi connectivity index (χ3v) is 8.74. The van der Waals surface area contributed by atoms with Gasteiger partial charge in [-0.05, 0) is 102 Å². The van der Waals surface area contributed by atoms with Crippen LogP contribution >= 0.6 is 22.6 Å². The van der Waals surface area contributed by atoms with Crippen LogP contribution in [0, 0.1) is 17.3 Å². The molecule has 0 unspecified atom stereocenters. The number of benzene rings is 1. The molecule has 3 aliphatic carbocycles. The van der Waals surface area contributed by atoms with Crippen molar-refractivity contribution in [1.82, 2.24) is 0 Å². The second-order valence-corrected chi connectivity index (χ2v) is 9.60. The van der Waals surface area contributed by atoms with Crippen LogP contribution in [0.1, 0.15) is 56.1 Å². The Kier molecular flexibility index (Phi) is 3.80. The fourth-order valence-electron chi connectivity index (χ4n) is 5.69. The summed E-state index contributed by atoms with van der Waals surface area (Å²) in [6, 6.07) is 6.56. The van der Waals surface area contributed by atoms with Crippen molar-refractivity contribution >= 4 is 22.6 Å². The first-order chi connectivity index (χ1) is 11.0. The molecule has 0 aliphatic heterocycles. The molecule has 3 aliphatic rings. The number of hydrogen-bond donors (Lipinski definition) is 1. The fourth-order valence-corrected chi connectivity index (χ4v) is 6.67. The molecule has 0 radical (unpaired) electrons. The molecule has 3 heteroatoms. The molecule has 0 amide bonds. The molecule has 0 bridgehead atoms. The lowest BCUT2D eigenvalue weighted by atomic mass is 9.55. The molecule has 1 aromatic carbocycles. The van der Waals surface area contributed by atoms with Gasteiger partial charge in [0.05, 0.1) is 6.26 Å². The van der Waals surface area contributed by atoms with Gasteiger partial charge in [0.2, 0.25) is 0 Å². The van der Waals surface area contributed by atoms with Crippen LogP contribution in [-0.4, -0.2) is 8.71 Å². The van der Waals surface area contributed by atoms with Gasteiger partial charge in [0.15, 0.2) is 0 Å². The van der Waals surface area contributed by atoms with E-state index < -0.39 is 3.61 Å². The van der Waals surface area contributed by atoms with Crippen molar-refractivity contribution in [3.63, 3.8) is 0 Å². The van der Waals surface area contributed by atoms with Crippen molar-refractivity contribution in [2.45, 2.75) is 55.0 Å². The Balaban J connectivity index is 1.67. The first kappa shape index (κ1) is 15.9. The Morgan fingerprint density at radius 1 is 1.30 bits per heavy atom. The number of aliphatic hydroxyl groups is 1. The van der Waals surface area contributed by atoms with Gasteiger partial charge in [0, 0.05) is 5.41 Å². The summed E-state index contributed by atoms with van der Waals surface area (Å²) in [5, 5.41) is 10.9. The molecular weight excluding hydrogens is 399 g/mol. The highest BCUT2D eigenvalue weighted by Gasteiger charge is 2.60. The Morgan fingerprint density at radius 2 is 2.13 bits per heavy atom. The van der Waals surface area contributed by atoms with Crippen molar-refractivity contribution in [1.29, 1.82) is 0 Å². The number of halogens is 1. The molecule has 0 aromatic heterocycles. The second kappa shape index (κ2) is 5.48. The average Bonchev–Trinajstić information content (AvgIpc) is 2.77. The molecule has 0 heterocycles. The summed E-state index contributed by atoms with van der Waals surface area (Å²) in [4.78, 5) is 0. The van der Waals surface area contributed by atoms with Crippen LogP contribution in [0.5, 0.6) is 5.75 Å². The monoisotopic (exact) mass is 424 g/mol. The molecule has 1 N–H and O–H groups in total. The van der Waals surface area contributed by atoms with Gasteiger partial charge >= 0.3 is 0 Å². The lowest BCUT2D eigenvalue weighted by molar-refractivity contribution is -0.0329. The highest BCUT2D eigenvalue weighted by Crippen LogP contribution is 2.65. The van der Waals surface area contributed by atoms with E-state index >= 15 is 0 Å². The Bertz CT molecular complexity index is 639. The van der Waals surface area contributed by atoms with Crippen LogP contribution < -0.4 is 4.74 Å². The molecule has 0 spiro atoms. The number of hydrogen-bond acceptors (Lipinski definition) is 2. The summed E-state index contributed by atoms with van der Waals surface area (Å²) in [6.07, 6.45) is 8.37. The highest BCUT2D eigenvalue weighted by atomic mass is 127. The molecule has 2 nitrogen and oxygen atoms in total. The lowest BCUT2D eigenvalue weighted by Crippen LogP contribution is -2.47. The van der Waals surface area contributed by atoms with Gasteiger partial charge in [0.1, 0.15) is 9.36 Å². The normalized spacial score (nSPS) is 41.6. The summed E-state index contributed by atoms with van der Waals surface area (Å²) in [5.74, 6) is 2.97. The zero-order valence-electron chi connectivity index (χ0n) is 13.7. The Labute approximate surface area is 152 Å². The van der Waals surface area contributed by atoms with Gasteiger partial charge in [-0.1, -0.05) is 19.6 Å². The van der Waals surface area contributed by atoms with Crippen molar-refractivity contribution < 1.29 is 9.84 Å².